The Morgan fingerprint density at radius 3 is 1.52 bits per heavy atom. The van der Waals surface area contributed by atoms with E-state index in [0.29, 0.717) is 30.2 Å². The second kappa shape index (κ2) is 19.0. The van der Waals surface area contributed by atoms with Gasteiger partial charge in [0.15, 0.2) is 0 Å². The van der Waals surface area contributed by atoms with Crippen molar-refractivity contribution in [3.63, 3.8) is 0 Å². The third-order valence-electron chi connectivity index (χ3n) is 12.8. The number of aromatic amines is 2. The van der Waals surface area contributed by atoms with Crippen molar-refractivity contribution in [2.24, 2.45) is 0 Å². The van der Waals surface area contributed by atoms with Crippen LogP contribution in [0.25, 0.3) is 33.6 Å². The molecule has 322 valence electrons. The number of nitrogens with one attached hydrogen (secondary N) is 2. The van der Waals surface area contributed by atoms with Gasteiger partial charge in [-0.3, -0.25) is 19.4 Å². The summed E-state index contributed by atoms with van der Waals surface area (Å²) in [5.41, 5.74) is 4.62. The minimum Gasteiger partial charge on any atom is -0.340 e. The van der Waals surface area contributed by atoms with Crippen LogP contribution in [0.3, 0.4) is 0 Å². The third-order valence-corrected chi connectivity index (χ3v) is 12.8. The minimum atomic E-state index is -0.588. The first kappa shape index (κ1) is 42.7. The fraction of sp³-hybridized carbons (Fsp3) is 0.360. The van der Waals surface area contributed by atoms with Crippen LogP contribution < -0.4 is 0 Å². The first-order valence-electron chi connectivity index (χ1n) is 22.1. The van der Waals surface area contributed by atoms with Gasteiger partial charge in [-0.25, -0.2) is 18.7 Å². The summed E-state index contributed by atoms with van der Waals surface area (Å²) < 4.78 is 31.9. The van der Waals surface area contributed by atoms with Gasteiger partial charge < -0.3 is 19.8 Å². The van der Waals surface area contributed by atoms with Gasteiger partial charge in [-0.15, -0.1) is 0 Å². The average molecular weight is 839 g/mol. The summed E-state index contributed by atoms with van der Waals surface area (Å²) in [6.45, 7) is 12.5. The quantitative estimate of drug-likeness (QED) is 0.107. The normalized spacial score (nSPS) is 17.6. The Kier molecular flexibility index (Phi) is 13.1. The Morgan fingerprint density at radius 1 is 0.613 bits per heavy atom. The van der Waals surface area contributed by atoms with E-state index in [-0.39, 0.29) is 41.1 Å². The summed E-state index contributed by atoms with van der Waals surface area (Å²) >= 11 is 0. The van der Waals surface area contributed by atoms with Crippen molar-refractivity contribution in [3.8, 4) is 33.6 Å². The number of benzene rings is 4. The lowest BCUT2D eigenvalue weighted by Gasteiger charge is -2.34. The lowest BCUT2D eigenvalue weighted by atomic mass is 10.00. The number of nitrogens with zero attached hydrogens (tertiary/aromatic N) is 6. The zero-order chi connectivity index (χ0) is 43.3. The van der Waals surface area contributed by atoms with Crippen LogP contribution in [0.5, 0.6) is 0 Å². The number of likely N-dealkylation sites (N-methyl/N-ethyl adjacent to an activating group) is 2. The molecule has 0 bridgehead atoms. The van der Waals surface area contributed by atoms with Crippen molar-refractivity contribution < 1.29 is 18.4 Å². The predicted octanol–water partition coefficient (Wildman–Crippen LogP) is 9.91. The Hall–Kier alpha value is -5.98. The van der Waals surface area contributed by atoms with Crippen LogP contribution in [0.4, 0.5) is 8.78 Å². The molecule has 2 N–H and O–H groups in total. The van der Waals surface area contributed by atoms with Crippen LogP contribution in [0.15, 0.2) is 109 Å². The standard InChI is InChI=1S/C50H56F2N8O2/c1-5-57(6-2)45(35-17-11-9-12-18-35)49(61)59-27-15-21-43(59)47-53-31-41(55-47)34-25-23-33(24-26-34)37-29-40(52)38(30-39(37)51)42-32-54-48(56-42)44-22-16-28-60(44)50(62)46(58(7-3)8-4)36-19-13-10-14-20-36/h9-14,17-20,23-26,29-32,43-46H,5-8,15-16,21-22,27-28H2,1-4H3,(H,53,55)(H,54,56)/t43-,44-,45+,46+/m0/s1. The summed E-state index contributed by atoms with van der Waals surface area (Å²) in [7, 11) is 0. The SMILES string of the molecule is CCN(CC)[C@@H](C(=O)N1CCC[C@H]1c1ncc(-c2ccc(-c3cc(F)c(-c4cnc([C@@H]5CCCN5C(=O)[C@@H](c5ccccc5)N(CC)CC)[nH]4)cc3F)cc2)[nH]1)c1ccccc1. The summed E-state index contributed by atoms with van der Waals surface area (Å²) in [4.78, 5) is 52.7. The number of hydrogen-bond acceptors (Lipinski definition) is 6. The molecule has 10 nitrogen and oxygen atoms in total. The van der Waals surface area contributed by atoms with Gasteiger partial charge in [-0.05, 0) is 86.2 Å². The van der Waals surface area contributed by atoms with Gasteiger partial charge in [-0.1, -0.05) is 113 Å². The van der Waals surface area contributed by atoms with E-state index < -0.39 is 17.7 Å². The van der Waals surface area contributed by atoms with Gasteiger partial charge in [0.05, 0.1) is 35.9 Å². The van der Waals surface area contributed by atoms with E-state index in [2.05, 4.69) is 52.4 Å². The number of carbonyl (C=O) groups is 2. The lowest BCUT2D eigenvalue weighted by Crippen LogP contribution is -2.43. The maximum absolute atomic E-state index is 15.9. The van der Waals surface area contributed by atoms with Crippen LogP contribution in [0.1, 0.15) is 100 Å². The molecular weight excluding hydrogens is 783 g/mol. The number of halogens is 2. The maximum Gasteiger partial charge on any atom is 0.245 e. The maximum atomic E-state index is 15.9. The molecule has 2 aliphatic heterocycles. The second-order valence-electron chi connectivity index (χ2n) is 16.2. The van der Waals surface area contributed by atoms with Gasteiger partial charge in [0.2, 0.25) is 11.8 Å². The number of likely N-dealkylation sites (tertiary alicyclic amines) is 2. The molecule has 4 atom stereocenters. The molecule has 2 aromatic heterocycles. The molecule has 12 heteroatoms. The van der Waals surface area contributed by atoms with Crippen LogP contribution in [0, 0.1) is 11.6 Å². The van der Waals surface area contributed by atoms with Crippen LogP contribution in [0.2, 0.25) is 0 Å². The molecule has 0 spiro atoms. The molecule has 4 heterocycles. The van der Waals surface area contributed by atoms with Crippen molar-refractivity contribution in [1.29, 1.82) is 0 Å². The molecule has 8 rings (SSSR count). The molecule has 2 amide bonds. The van der Waals surface area contributed by atoms with Gasteiger partial charge >= 0.3 is 0 Å². The molecule has 0 aliphatic carbocycles. The highest BCUT2D eigenvalue weighted by Gasteiger charge is 2.39. The number of aromatic nitrogens is 4. The van der Waals surface area contributed by atoms with E-state index in [1.165, 1.54) is 18.3 Å². The predicted molar refractivity (Wildman–Crippen MR) is 239 cm³/mol. The van der Waals surface area contributed by atoms with Gasteiger partial charge in [-0.2, -0.15) is 0 Å². The largest absolute Gasteiger partial charge is 0.340 e. The van der Waals surface area contributed by atoms with E-state index in [9.17, 15) is 9.59 Å². The molecule has 2 fully saturated rings. The number of rotatable bonds is 15. The molecule has 4 aromatic carbocycles. The Labute approximate surface area is 363 Å². The Bertz CT molecular complexity index is 2450. The Morgan fingerprint density at radius 2 is 1.03 bits per heavy atom. The zero-order valence-corrected chi connectivity index (χ0v) is 36.0. The van der Waals surface area contributed by atoms with Crippen LogP contribution in [-0.2, 0) is 9.59 Å². The van der Waals surface area contributed by atoms with Gasteiger partial charge in [0, 0.05) is 24.2 Å². The van der Waals surface area contributed by atoms with Crippen LogP contribution in [-0.4, -0.2) is 90.6 Å². The third kappa shape index (κ3) is 8.45. The van der Waals surface area contributed by atoms with Crippen LogP contribution >= 0.6 is 0 Å². The molecule has 0 saturated carbocycles. The first-order chi connectivity index (χ1) is 30.2. The van der Waals surface area contributed by atoms with E-state index in [0.717, 1.165) is 80.1 Å². The summed E-state index contributed by atoms with van der Waals surface area (Å²) in [5.74, 6) is 0.221. The second-order valence-corrected chi connectivity index (χ2v) is 16.2. The summed E-state index contributed by atoms with van der Waals surface area (Å²) in [6, 6.07) is 28.2. The molecule has 2 saturated heterocycles. The number of carbonyl (C=O) groups excluding carboxylic acids is 2. The molecule has 6 aromatic rings. The fourth-order valence-corrected chi connectivity index (χ4v) is 9.51. The molecule has 0 radical (unpaired) electrons. The van der Waals surface area contributed by atoms with E-state index in [4.69, 9.17) is 4.98 Å². The monoisotopic (exact) mass is 838 g/mol. The number of imidazole rings is 2. The van der Waals surface area contributed by atoms with Crippen molar-refractivity contribution in [2.45, 2.75) is 77.5 Å². The first-order valence-corrected chi connectivity index (χ1v) is 22.1. The fourth-order valence-electron chi connectivity index (χ4n) is 9.51. The highest BCUT2D eigenvalue weighted by molar-refractivity contribution is 5.85. The van der Waals surface area contributed by atoms with Crippen molar-refractivity contribution >= 4 is 11.8 Å². The summed E-state index contributed by atoms with van der Waals surface area (Å²) in [5, 5.41) is 0. The van der Waals surface area contributed by atoms with E-state index in [1.54, 1.807) is 18.3 Å². The van der Waals surface area contributed by atoms with Crippen molar-refractivity contribution in [3.05, 3.63) is 144 Å². The number of amides is 2. The molecule has 0 unspecified atom stereocenters. The van der Waals surface area contributed by atoms with Gasteiger partial charge in [0.25, 0.3) is 0 Å². The zero-order valence-electron chi connectivity index (χ0n) is 36.0. The highest BCUT2D eigenvalue weighted by atomic mass is 19.1. The van der Waals surface area contributed by atoms with Gasteiger partial charge in [0.1, 0.15) is 35.4 Å². The number of hydrogen-bond donors (Lipinski definition) is 2. The summed E-state index contributed by atoms with van der Waals surface area (Å²) in [6.07, 6.45) is 6.52. The lowest BCUT2D eigenvalue weighted by molar-refractivity contribution is -0.139. The molecule has 62 heavy (non-hydrogen) atoms. The molecule has 2 aliphatic rings. The minimum absolute atomic E-state index is 0.0106. The average Bonchev–Trinajstić information content (AvgIpc) is 4.16. The van der Waals surface area contributed by atoms with Crippen molar-refractivity contribution in [2.75, 3.05) is 39.3 Å². The topological polar surface area (TPSA) is 104 Å². The van der Waals surface area contributed by atoms with E-state index >= 15 is 8.78 Å². The smallest absolute Gasteiger partial charge is 0.245 e. The molecular formula is C50H56F2N8O2. The number of H-pyrrole nitrogens is 2. The Balaban J connectivity index is 0.973. The highest BCUT2D eigenvalue weighted by Crippen LogP contribution is 2.38. The van der Waals surface area contributed by atoms with E-state index in [1.807, 2.05) is 82.6 Å². The van der Waals surface area contributed by atoms with Crippen molar-refractivity contribution in [1.82, 2.24) is 39.5 Å².